The Balaban J connectivity index is 1.86. The maximum atomic E-state index is 3.37. The lowest BCUT2D eigenvalue weighted by Gasteiger charge is -2.32. The summed E-state index contributed by atoms with van der Waals surface area (Å²) in [7, 11) is 2.07. The minimum absolute atomic E-state index is 0.697. The van der Waals surface area contributed by atoms with Crippen LogP contribution < -0.4 is 5.32 Å². The molecule has 1 unspecified atom stereocenters. The van der Waals surface area contributed by atoms with Crippen molar-refractivity contribution in [2.24, 2.45) is 0 Å². The molecule has 1 N–H and O–H groups in total. The van der Waals surface area contributed by atoms with Crippen LogP contribution in [-0.2, 0) is 6.54 Å². The summed E-state index contributed by atoms with van der Waals surface area (Å²) in [4.78, 5) is 2.55. The van der Waals surface area contributed by atoms with Gasteiger partial charge >= 0.3 is 0 Å². The van der Waals surface area contributed by atoms with Crippen LogP contribution in [0.1, 0.15) is 18.4 Å². The Hall–Kier alpha value is -0.380. The summed E-state index contributed by atoms with van der Waals surface area (Å²) < 4.78 is 0. The van der Waals surface area contributed by atoms with E-state index in [0.29, 0.717) is 6.04 Å². The van der Waals surface area contributed by atoms with Gasteiger partial charge in [-0.05, 0) is 48.8 Å². The number of nitrogens with one attached hydrogen (secondary N) is 1. The lowest BCUT2D eigenvalue weighted by atomic mass is 10.1. The topological polar surface area (TPSA) is 15.3 Å². The summed E-state index contributed by atoms with van der Waals surface area (Å²) in [5.41, 5.74) is 1.46. The zero-order valence-electron chi connectivity index (χ0n) is 8.70. The van der Waals surface area contributed by atoms with Gasteiger partial charge in [0.25, 0.3) is 0 Å². The van der Waals surface area contributed by atoms with Crippen molar-refractivity contribution in [3.63, 3.8) is 0 Å². The summed E-state index contributed by atoms with van der Waals surface area (Å²) in [6.45, 7) is 3.59. The Kier molecular flexibility index (Phi) is 3.56. The molecule has 1 aromatic heterocycles. The SMILES string of the molecule is CNC1CCCN(Cc2ccsc2)C1. The molecule has 78 valence electrons. The van der Waals surface area contributed by atoms with E-state index in [2.05, 4.69) is 34.1 Å². The molecular weight excluding hydrogens is 192 g/mol. The van der Waals surface area contributed by atoms with Gasteiger partial charge in [-0.15, -0.1) is 0 Å². The van der Waals surface area contributed by atoms with Crippen LogP contribution in [0.4, 0.5) is 0 Å². The van der Waals surface area contributed by atoms with E-state index >= 15 is 0 Å². The average molecular weight is 210 g/mol. The first kappa shape index (κ1) is 10.1. The molecule has 0 saturated carbocycles. The molecule has 1 aliphatic rings. The second-order valence-electron chi connectivity index (χ2n) is 3.99. The molecule has 0 radical (unpaired) electrons. The Labute approximate surface area is 89.9 Å². The van der Waals surface area contributed by atoms with Crippen LogP contribution >= 0.6 is 11.3 Å². The molecule has 0 amide bonds. The van der Waals surface area contributed by atoms with Crippen molar-refractivity contribution in [2.45, 2.75) is 25.4 Å². The molecule has 2 nitrogen and oxygen atoms in total. The minimum Gasteiger partial charge on any atom is -0.316 e. The van der Waals surface area contributed by atoms with E-state index in [-0.39, 0.29) is 0 Å². The molecule has 1 saturated heterocycles. The Morgan fingerprint density at radius 2 is 2.57 bits per heavy atom. The largest absolute Gasteiger partial charge is 0.316 e. The van der Waals surface area contributed by atoms with E-state index in [1.165, 1.54) is 31.5 Å². The Bertz CT molecular complexity index is 258. The van der Waals surface area contributed by atoms with E-state index in [1.807, 2.05) is 0 Å². The van der Waals surface area contributed by atoms with Gasteiger partial charge in [-0.1, -0.05) is 0 Å². The van der Waals surface area contributed by atoms with Gasteiger partial charge in [-0.3, -0.25) is 4.90 Å². The molecule has 0 spiro atoms. The normalized spacial score (nSPS) is 23.9. The van der Waals surface area contributed by atoms with Crippen LogP contribution in [0.15, 0.2) is 16.8 Å². The third-order valence-corrected chi connectivity index (χ3v) is 3.63. The van der Waals surface area contributed by atoms with Crippen molar-refractivity contribution in [2.75, 3.05) is 20.1 Å². The highest BCUT2D eigenvalue weighted by Crippen LogP contribution is 2.14. The van der Waals surface area contributed by atoms with E-state index in [0.717, 1.165) is 6.54 Å². The van der Waals surface area contributed by atoms with E-state index < -0.39 is 0 Å². The number of hydrogen-bond acceptors (Lipinski definition) is 3. The highest BCUT2D eigenvalue weighted by molar-refractivity contribution is 7.07. The van der Waals surface area contributed by atoms with Crippen molar-refractivity contribution in [3.05, 3.63) is 22.4 Å². The molecule has 14 heavy (non-hydrogen) atoms. The number of thiophene rings is 1. The number of hydrogen-bond donors (Lipinski definition) is 1. The van der Waals surface area contributed by atoms with Gasteiger partial charge in [0, 0.05) is 19.1 Å². The number of piperidine rings is 1. The average Bonchev–Trinajstić information content (AvgIpc) is 2.71. The predicted molar refractivity (Wildman–Crippen MR) is 61.7 cm³/mol. The van der Waals surface area contributed by atoms with E-state index in [4.69, 9.17) is 0 Å². The molecule has 0 aliphatic carbocycles. The predicted octanol–water partition coefficient (Wildman–Crippen LogP) is 1.93. The Morgan fingerprint density at radius 3 is 3.29 bits per heavy atom. The molecule has 1 aromatic rings. The van der Waals surface area contributed by atoms with Crippen molar-refractivity contribution in [1.82, 2.24) is 10.2 Å². The fraction of sp³-hybridized carbons (Fsp3) is 0.636. The zero-order chi connectivity index (χ0) is 9.80. The summed E-state index contributed by atoms with van der Waals surface area (Å²) in [6, 6.07) is 2.93. The quantitative estimate of drug-likeness (QED) is 0.820. The van der Waals surface area contributed by atoms with Gasteiger partial charge in [-0.2, -0.15) is 11.3 Å². The zero-order valence-corrected chi connectivity index (χ0v) is 9.52. The standard InChI is InChI=1S/C11H18N2S/c1-12-11-3-2-5-13(8-11)7-10-4-6-14-9-10/h4,6,9,11-12H,2-3,5,7-8H2,1H3. The molecule has 0 aromatic carbocycles. The molecular formula is C11H18N2S. The van der Waals surface area contributed by atoms with Gasteiger partial charge in [0.1, 0.15) is 0 Å². The lowest BCUT2D eigenvalue weighted by molar-refractivity contribution is 0.188. The molecule has 0 bridgehead atoms. The Morgan fingerprint density at radius 1 is 1.64 bits per heavy atom. The highest BCUT2D eigenvalue weighted by Gasteiger charge is 2.18. The highest BCUT2D eigenvalue weighted by atomic mass is 32.1. The maximum Gasteiger partial charge on any atom is 0.0242 e. The van der Waals surface area contributed by atoms with Crippen molar-refractivity contribution in [1.29, 1.82) is 0 Å². The maximum absolute atomic E-state index is 3.37. The molecule has 2 rings (SSSR count). The monoisotopic (exact) mass is 210 g/mol. The summed E-state index contributed by atoms with van der Waals surface area (Å²) in [6.07, 6.45) is 2.66. The second kappa shape index (κ2) is 4.91. The van der Waals surface area contributed by atoms with Crippen molar-refractivity contribution < 1.29 is 0 Å². The minimum atomic E-state index is 0.697. The molecule has 1 aliphatic heterocycles. The van der Waals surface area contributed by atoms with Crippen LogP contribution in [0, 0.1) is 0 Å². The van der Waals surface area contributed by atoms with Crippen molar-refractivity contribution >= 4 is 11.3 Å². The molecule has 3 heteroatoms. The number of likely N-dealkylation sites (N-methyl/N-ethyl adjacent to an activating group) is 1. The van der Waals surface area contributed by atoms with Gasteiger partial charge in [0.15, 0.2) is 0 Å². The molecule has 1 atom stereocenters. The second-order valence-corrected chi connectivity index (χ2v) is 4.77. The first-order valence-electron chi connectivity index (χ1n) is 5.29. The smallest absolute Gasteiger partial charge is 0.0242 e. The first-order valence-corrected chi connectivity index (χ1v) is 6.23. The fourth-order valence-electron chi connectivity index (χ4n) is 2.08. The van der Waals surface area contributed by atoms with E-state index in [1.54, 1.807) is 11.3 Å². The van der Waals surface area contributed by atoms with Crippen molar-refractivity contribution in [3.8, 4) is 0 Å². The summed E-state index contributed by atoms with van der Waals surface area (Å²) in [5, 5.41) is 7.79. The third kappa shape index (κ3) is 2.56. The third-order valence-electron chi connectivity index (χ3n) is 2.90. The first-order chi connectivity index (χ1) is 6.88. The van der Waals surface area contributed by atoms with Crippen LogP contribution in [0.3, 0.4) is 0 Å². The number of nitrogens with zero attached hydrogens (tertiary/aromatic N) is 1. The van der Waals surface area contributed by atoms with Gasteiger partial charge in [0.05, 0.1) is 0 Å². The summed E-state index contributed by atoms with van der Waals surface area (Å²) in [5.74, 6) is 0. The van der Waals surface area contributed by atoms with Crippen LogP contribution in [0.2, 0.25) is 0 Å². The summed E-state index contributed by atoms with van der Waals surface area (Å²) >= 11 is 1.79. The van der Waals surface area contributed by atoms with E-state index in [9.17, 15) is 0 Å². The lowest BCUT2D eigenvalue weighted by Crippen LogP contribution is -2.43. The van der Waals surface area contributed by atoms with Crippen LogP contribution in [-0.4, -0.2) is 31.1 Å². The van der Waals surface area contributed by atoms with Gasteiger partial charge in [0.2, 0.25) is 0 Å². The van der Waals surface area contributed by atoms with Gasteiger partial charge in [-0.25, -0.2) is 0 Å². The van der Waals surface area contributed by atoms with Crippen LogP contribution in [0.5, 0.6) is 0 Å². The number of likely N-dealkylation sites (tertiary alicyclic amines) is 1. The van der Waals surface area contributed by atoms with Crippen LogP contribution in [0.25, 0.3) is 0 Å². The number of rotatable bonds is 3. The molecule has 2 heterocycles. The molecule has 1 fully saturated rings. The van der Waals surface area contributed by atoms with Gasteiger partial charge < -0.3 is 5.32 Å². The fourth-order valence-corrected chi connectivity index (χ4v) is 2.74.